The van der Waals surface area contributed by atoms with Crippen LogP contribution in [0.4, 0.5) is 9.59 Å². The highest BCUT2D eigenvalue weighted by Gasteiger charge is 2.38. The Morgan fingerprint density at radius 1 is 0.815 bits per heavy atom. The summed E-state index contributed by atoms with van der Waals surface area (Å²) in [5.74, 6) is 2.02. The predicted octanol–water partition coefficient (Wildman–Crippen LogP) is 6.25. The lowest BCUT2D eigenvalue weighted by atomic mass is 9.77. The maximum absolute atomic E-state index is 13.5. The number of hydrogen-bond acceptors (Lipinski definition) is 8. The molecule has 1 aromatic carbocycles. The van der Waals surface area contributed by atoms with Crippen LogP contribution in [-0.4, -0.2) is 93.1 Å². The summed E-state index contributed by atoms with van der Waals surface area (Å²) in [6, 6.07) is 6.96. The van der Waals surface area contributed by atoms with Crippen LogP contribution in [0.25, 0.3) is 11.3 Å². The van der Waals surface area contributed by atoms with Gasteiger partial charge in [-0.3, -0.25) is 9.59 Å². The number of aromatic nitrogens is 4. The van der Waals surface area contributed by atoms with Crippen LogP contribution in [0.2, 0.25) is 0 Å². The summed E-state index contributed by atoms with van der Waals surface area (Å²) in [7, 11) is 2.58. The van der Waals surface area contributed by atoms with Gasteiger partial charge in [-0.15, -0.1) is 6.58 Å². The Hall–Kier alpha value is -5.14. The average molecular weight is 743 g/mol. The molecule has 14 nitrogen and oxygen atoms in total. The average Bonchev–Trinajstić information content (AvgIpc) is 4.03. The summed E-state index contributed by atoms with van der Waals surface area (Å²) >= 11 is 0. The van der Waals surface area contributed by atoms with Gasteiger partial charge in [0.05, 0.1) is 38.2 Å². The van der Waals surface area contributed by atoms with E-state index in [0.29, 0.717) is 31.3 Å². The first-order valence-electron chi connectivity index (χ1n) is 19.2. The topological polar surface area (TPSA) is 175 Å². The van der Waals surface area contributed by atoms with E-state index in [2.05, 4.69) is 51.4 Å². The molecule has 0 radical (unpaired) electrons. The van der Waals surface area contributed by atoms with Gasteiger partial charge >= 0.3 is 12.2 Å². The van der Waals surface area contributed by atoms with Crippen molar-refractivity contribution in [2.45, 2.75) is 108 Å². The van der Waals surface area contributed by atoms with Crippen molar-refractivity contribution in [1.82, 2.24) is 40.4 Å². The predicted molar refractivity (Wildman–Crippen MR) is 202 cm³/mol. The van der Waals surface area contributed by atoms with Gasteiger partial charge in [0.2, 0.25) is 11.8 Å². The maximum atomic E-state index is 13.5. The molecule has 2 saturated heterocycles. The molecule has 14 heteroatoms. The molecule has 3 fully saturated rings. The quantitative estimate of drug-likeness (QED) is 0.158. The Kier molecular flexibility index (Phi) is 12.4. The Morgan fingerprint density at radius 3 is 2.00 bits per heavy atom. The molecule has 4 N–H and O–H groups in total. The summed E-state index contributed by atoms with van der Waals surface area (Å²) in [6.07, 6.45) is 12.0. The SMILES string of the molecule is C=CCC(NC(=O)OC)C(=O)N1CCCC1c1ncc(C2CCC(c3ccc(-c4cnc(C5CCCN5C(=O)C(NC(=O)OC)C(C)C)[nH]4)cc3)CC2)[nH]1. The maximum Gasteiger partial charge on any atom is 0.407 e. The fraction of sp³-hybridized carbons (Fsp3) is 0.550. The van der Waals surface area contributed by atoms with E-state index in [-0.39, 0.29) is 29.8 Å². The van der Waals surface area contributed by atoms with E-state index in [1.165, 1.54) is 19.8 Å². The van der Waals surface area contributed by atoms with Crippen molar-refractivity contribution in [3.63, 3.8) is 0 Å². The standard InChI is InChI=1S/C40H54N8O6/c1-6-9-29(45-39(51)53-4)37(49)47-20-7-10-32(47)35-41-22-30(43-35)27-16-12-25(13-17-27)26-14-18-28(19-15-26)31-23-42-36(44-31)33-11-8-21-48(33)38(50)34(24(2)3)46-40(52)54-5/h6,14-15,18-19,22-25,27,29,32-34H,1,7-13,16-17,20-21H2,2-5H3,(H,41,43)(H,42,44)(H,45,51)(H,46,52). The van der Waals surface area contributed by atoms with Crippen LogP contribution in [0.1, 0.15) is 118 Å². The zero-order valence-corrected chi connectivity index (χ0v) is 31.8. The van der Waals surface area contributed by atoms with Crippen LogP contribution in [0.5, 0.6) is 0 Å². The van der Waals surface area contributed by atoms with Gasteiger partial charge in [-0.2, -0.15) is 0 Å². The number of aromatic amines is 2. The molecule has 54 heavy (non-hydrogen) atoms. The highest BCUT2D eigenvalue weighted by Crippen LogP contribution is 2.41. The molecular formula is C40H54N8O6. The number of carbonyl (C=O) groups is 4. The monoisotopic (exact) mass is 742 g/mol. The van der Waals surface area contributed by atoms with Gasteiger partial charge in [-0.25, -0.2) is 19.6 Å². The van der Waals surface area contributed by atoms with E-state index >= 15 is 0 Å². The summed E-state index contributed by atoms with van der Waals surface area (Å²) in [4.78, 5) is 70.9. The number of nitrogens with one attached hydrogen (secondary N) is 4. The van der Waals surface area contributed by atoms with Gasteiger partial charge in [-0.1, -0.05) is 44.2 Å². The highest BCUT2D eigenvalue weighted by molar-refractivity contribution is 5.87. The van der Waals surface area contributed by atoms with Gasteiger partial charge < -0.3 is 39.9 Å². The molecule has 4 atom stereocenters. The molecule has 290 valence electrons. The van der Waals surface area contributed by atoms with Gasteiger partial charge in [0.15, 0.2) is 0 Å². The van der Waals surface area contributed by atoms with Crippen LogP contribution in [-0.2, 0) is 19.1 Å². The van der Waals surface area contributed by atoms with Gasteiger partial charge in [0.1, 0.15) is 23.7 Å². The molecule has 3 aromatic rings. The molecule has 0 bridgehead atoms. The minimum Gasteiger partial charge on any atom is -0.453 e. The molecule has 3 aliphatic rings. The Labute approximate surface area is 316 Å². The van der Waals surface area contributed by atoms with E-state index in [0.717, 1.165) is 80.0 Å². The van der Waals surface area contributed by atoms with Crippen LogP contribution < -0.4 is 10.6 Å². The van der Waals surface area contributed by atoms with Crippen molar-refractivity contribution in [3.05, 3.63) is 72.2 Å². The molecule has 1 saturated carbocycles. The first kappa shape index (κ1) is 38.6. The van der Waals surface area contributed by atoms with Crippen molar-refractivity contribution >= 4 is 24.0 Å². The molecular weight excluding hydrogens is 688 g/mol. The lowest BCUT2D eigenvalue weighted by Gasteiger charge is -2.30. The van der Waals surface area contributed by atoms with E-state index in [1.54, 1.807) is 6.08 Å². The number of likely N-dealkylation sites (tertiary alicyclic amines) is 2. The zero-order chi connectivity index (χ0) is 38.4. The number of nitrogens with zero attached hydrogens (tertiary/aromatic N) is 4. The third-order valence-corrected chi connectivity index (χ3v) is 11.3. The number of benzene rings is 1. The molecule has 4 unspecified atom stereocenters. The minimum atomic E-state index is -0.728. The third kappa shape index (κ3) is 8.47. The third-order valence-electron chi connectivity index (χ3n) is 11.3. The van der Waals surface area contributed by atoms with Crippen molar-refractivity contribution in [2.75, 3.05) is 27.3 Å². The van der Waals surface area contributed by atoms with Gasteiger partial charge in [0.25, 0.3) is 0 Å². The molecule has 2 aromatic heterocycles. The number of alkyl carbamates (subject to hydrolysis) is 2. The van der Waals surface area contributed by atoms with Crippen LogP contribution in [0, 0.1) is 5.92 Å². The summed E-state index contributed by atoms with van der Waals surface area (Å²) < 4.78 is 9.49. The first-order valence-corrected chi connectivity index (χ1v) is 19.2. The van der Waals surface area contributed by atoms with E-state index < -0.39 is 24.3 Å². The fourth-order valence-corrected chi connectivity index (χ4v) is 8.35. The molecule has 2 aliphatic heterocycles. The second-order valence-electron chi connectivity index (χ2n) is 15.0. The van der Waals surface area contributed by atoms with Gasteiger partial charge in [-0.05, 0) is 80.8 Å². The molecule has 0 spiro atoms. The summed E-state index contributed by atoms with van der Waals surface area (Å²) in [6.45, 7) is 8.78. The zero-order valence-electron chi connectivity index (χ0n) is 31.8. The lowest BCUT2D eigenvalue weighted by Crippen LogP contribution is -2.51. The Bertz CT molecular complexity index is 1780. The van der Waals surface area contributed by atoms with E-state index in [1.807, 2.05) is 36.0 Å². The molecule has 6 rings (SSSR count). The number of amides is 4. The largest absolute Gasteiger partial charge is 0.453 e. The number of ether oxygens (including phenoxy) is 2. The Morgan fingerprint density at radius 2 is 1.39 bits per heavy atom. The molecule has 4 amide bonds. The number of H-pyrrole nitrogens is 2. The number of hydrogen-bond donors (Lipinski definition) is 4. The second-order valence-corrected chi connectivity index (χ2v) is 15.0. The number of imidazole rings is 2. The first-order chi connectivity index (χ1) is 26.1. The normalized spacial score (nSPS) is 22.5. The lowest BCUT2D eigenvalue weighted by molar-refractivity contribution is -0.135. The van der Waals surface area contributed by atoms with Crippen molar-refractivity contribution < 1.29 is 28.7 Å². The van der Waals surface area contributed by atoms with Gasteiger partial charge in [0, 0.05) is 30.9 Å². The number of carbonyl (C=O) groups excluding carboxylic acids is 4. The van der Waals surface area contributed by atoms with Crippen LogP contribution >= 0.6 is 0 Å². The van der Waals surface area contributed by atoms with Crippen molar-refractivity contribution in [3.8, 4) is 11.3 Å². The number of rotatable bonds is 12. The van der Waals surface area contributed by atoms with E-state index in [4.69, 9.17) is 19.4 Å². The Balaban J connectivity index is 1.04. The molecule has 4 heterocycles. The van der Waals surface area contributed by atoms with Crippen molar-refractivity contribution in [1.29, 1.82) is 0 Å². The fourth-order valence-electron chi connectivity index (χ4n) is 8.35. The van der Waals surface area contributed by atoms with Crippen LogP contribution in [0.3, 0.4) is 0 Å². The minimum absolute atomic E-state index is 0.0930. The van der Waals surface area contributed by atoms with Crippen LogP contribution in [0.15, 0.2) is 49.3 Å². The highest BCUT2D eigenvalue weighted by atomic mass is 16.5. The number of methoxy groups -OCH3 is 2. The van der Waals surface area contributed by atoms with E-state index in [9.17, 15) is 19.2 Å². The second kappa shape index (κ2) is 17.3. The summed E-state index contributed by atoms with van der Waals surface area (Å²) in [5.41, 5.74) is 4.38. The smallest absolute Gasteiger partial charge is 0.407 e. The van der Waals surface area contributed by atoms with Crippen molar-refractivity contribution in [2.24, 2.45) is 5.92 Å². The summed E-state index contributed by atoms with van der Waals surface area (Å²) in [5, 5.41) is 5.35. The molecule has 1 aliphatic carbocycles.